The van der Waals surface area contributed by atoms with Crippen LogP contribution in [-0.4, -0.2) is 39.7 Å². The van der Waals surface area contributed by atoms with E-state index in [4.69, 9.17) is 23.5 Å². The second-order valence-corrected chi connectivity index (χ2v) is 6.64. The standard InChI is InChI=1S/C22H26O6.HOP/c1-14(2)13-28-22(24)19(15-9-7-6-8-10-15)21(23)20-17(26-4)11-16(25-3)12-18(20)27-5;1-2/h6-12,14,19H,13H2,1-5H3;2H. The molecule has 2 aromatic rings. The maximum absolute atomic E-state index is 13.5. The number of ether oxygens (including phenoxy) is 4. The third-order valence-corrected chi connectivity index (χ3v) is 4.15. The summed E-state index contributed by atoms with van der Waals surface area (Å²) in [6, 6.07) is 12.0. The molecule has 0 saturated heterocycles. The van der Waals surface area contributed by atoms with Gasteiger partial charge in [-0.3, -0.25) is 14.2 Å². The highest BCUT2D eigenvalue weighted by atomic mass is 31.0. The van der Waals surface area contributed by atoms with Crippen molar-refractivity contribution >= 4 is 20.9 Å². The molecule has 2 rings (SSSR count). The van der Waals surface area contributed by atoms with E-state index < -0.39 is 17.7 Å². The van der Waals surface area contributed by atoms with Gasteiger partial charge < -0.3 is 18.9 Å². The van der Waals surface area contributed by atoms with Gasteiger partial charge in [0.1, 0.15) is 37.8 Å². The molecule has 0 aromatic heterocycles. The number of ketones is 1. The SMILES string of the molecule is COc1cc(OC)c(C(=O)C(C(=O)OCC(C)C)c2ccccc2)c(OC)c1.O=P. The first kappa shape index (κ1) is 25.1. The first-order valence-electron chi connectivity index (χ1n) is 9.19. The lowest BCUT2D eigenvalue weighted by Gasteiger charge is -2.20. The Balaban J connectivity index is 0.00000218. The zero-order chi connectivity index (χ0) is 22.7. The molecule has 0 saturated carbocycles. The molecule has 0 spiro atoms. The Morgan fingerprint density at radius 3 is 1.87 bits per heavy atom. The fraction of sp³-hybridized carbons (Fsp3) is 0.364. The summed E-state index contributed by atoms with van der Waals surface area (Å²) < 4.78 is 29.4. The summed E-state index contributed by atoms with van der Waals surface area (Å²) >= 11 is 0. The van der Waals surface area contributed by atoms with Crippen molar-refractivity contribution in [1.29, 1.82) is 0 Å². The first-order valence-corrected chi connectivity index (χ1v) is 9.59. The van der Waals surface area contributed by atoms with Crippen molar-refractivity contribution in [1.82, 2.24) is 0 Å². The van der Waals surface area contributed by atoms with E-state index in [2.05, 4.69) is 0 Å². The highest BCUT2D eigenvalue weighted by Gasteiger charge is 2.35. The van der Waals surface area contributed by atoms with E-state index in [9.17, 15) is 9.59 Å². The quantitative estimate of drug-likeness (QED) is 0.251. The summed E-state index contributed by atoms with van der Waals surface area (Å²) in [5.41, 5.74) is 0.710. The van der Waals surface area contributed by atoms with E-state index in [0.29, 0.717) is 11.3 Å². The van der Waals surface area contributed by atoms with Gasteiger partial charge in [-0.2, -0.15) is 0 Å². The molecule has 0 aliphatic carbocycles. The number of rotatable bonds is 9. The van der Waals surface area contributed by atoms with Crippen LogP contribution in [0.25, 0.3) is 0 Å². The van der Waals surface area contributed by atoms with Gasteiger partial charge in [-0.05, 0) is 11.5 Å². The molecule has 0 radical (unpaired) electrons. The van der Waals surface area contributed by atoms with Gasteiger partial charge >= 0.3 is 5.97 Å². The molecule has 7 nitrogen and oxygen atoms in total. The number of hydrogen-bond acceptors (Lipinski definition) is 7. The molecule has 30 heavy (non-hydrogen) atoms. The Morgan fingerprint density at radius 1 is 0.900 bits per heavy atom. The molecule has 162 valence electrons. The molecule has 1 unspecified atom stereocenters. The van der Waals surface area contributed by atoms with Gasteiger partial charge in [-0.15, -0.1) is 0 Å². The molecule has 0 N–H and O–H groups in total. The van der Waals surface area contributed by atoms with Crippen LogP contribution in [0.1, 0.15) is 35.7 Å². The summed E-state index contributed by atoms with van der Waals surface area (Å²) in [6.45, 7) is 4.09. The van der Waals surface area contributed by atoms with E-state index in [1.54, 1.807) is 45.5 Å². The van der Waals surface area contributed by atoms with E-state index in [-0.39, 0.29) is 29.6 Å². The fourth-order valence-corrected chi connectivity index (χ4v) is 2.76. The van der Waals surface area contributed by atoms with Crippen LogP contribution >= 0.6 is 9.12 Å². The van der Waals surface area contributed by atoms with Crippen LogP contribution in [-0.2, 0) is 14.1 Å². The number of benzene rings is 2. The number of Topliss-reactive ketones (excluding diaryl/α,β-unsaturated/α-hetero) is 1. The van der Waals surface area contributed by atoms with Crippen molar-refractivity contribution in [3.63, 3.8) is 0 Å². The third kappa shape index (κ3) is 6.29. The van der Waals surface area contributed by atoms with E-state index >= 15 is 0 Å². The maximum atomic E-state index is 13.5. The van der Waals surface area contributed by atoms with Crippen molar-refractivity contribution in [2.24, 2.45) is 5.92 Å². The van der Waals surface area contributed by atoms with Crippen molar-refractivity contribution in [2.45, 2.75) is 19.8 Å². The van der Waals surface area contributed by atoms with E-state index in [1.165, 1.54) is 21.3 Å². The number of hydrogen-bond donors (Lipinski definition) is 0. The Bertz CT molecular complexity index is 812. The van der Waals surface area contributed by atoms with Crippen molar-refractivity contribution in [3.05, 3.63) is 53.6 Å². The molecular formula is C22H27O7P. The molecule has 0 aliphatic rings. The van der Waals surface area contributed by atoms with Crippen LogP contribution in [0.4, 0.5) is 0 Å². The van der Waals surface area contributed by atoms with Crippen molar-refractivity contribution < 1.29 is 33.1 Å². The molecule has 8 heteroatoms. The number of carbonyl (C=O) groups is 2. The zero-order valence-corrected chi connectivity index (χ0v) is 18.8. The summed E-state index contributed by atoms with van der Waals surface area (Å²) in [5, 5.41) is 0. The zero-order valence-electron chi connectivity index (χ0n) is 17.8. The Morgan fingerprint density at radius 2 is 1.43 bits per heavy atom. The predicted molar refractivity (Wildman–Crippen MR) is 114 cm³/mol. The summed E-state index contributed by atoms with van der Waals surface area (Å²) in [5.74, 6) is -1.04. The Kier molecular flexibility index (Phi) is 10.6. The van der Waals surface area contributed by atoms with Crippen LogP contribution in [0.5, 0.6) is 17.2 Å². The Labute approximate surface area is 178 Å². The van der Waals surface area contributed by atoms with E-state index in [1.807, 2.05) is 19.9 Å². The topological polar surface area (TPSA) is 88.1 Å². The lowest BCUT2D eigenvalue weighted by Crippen LogP contribution is -2.26. The fourth-order valence-electron chi connectivity index (χ4n) is 2.76. The second-order valence-electron chi connectivity index (χ2n) is 6.64. The maximum Gasteiger partial charge on any atom is 0.321 e. The van der Waals surface area contributed by atoms with Crippen LogP contribution in [0.3, 0.4) is 0 Å². The van der Waals surface area contributed by atoms with Gasteiger partial charge in [0.2, 0.25) is 0 Å². The van der Waals surface area contributed by atoms with Crippen molar-refractivity contribution in [3.8, 4) is 17.2 Å². The number of methoxy groups -OCH3 is 3. The van der Waals surface area contributed by atoms with Gasteiger partial charge in [0, 0.05) is 12.1 Å². The molecule has 2 aromatic carbocycles. The monoisotopic (exact) mass is 434 g/mol. The molecule has 0 fully saturated rings. The third-order valence-electron chi connectivity index (χ3n) is 4.15. The number of carbonyl (C=O) groups excluding carboxylic acids is 2. The molecule has 0 aliphatic heterocycles. The van der Waals surface area contributed by atoms with Crippen LogP contribution < -0.4 is 14.2 Å². The minimum atomic E-state index is -1.13. The van der Waals surface area contributed by atoms with Crippen LogP contribution in [0.2, 0.25) is 0 Å². The molecule has 0 heterocycles. The normalized spacial score (nSPS) is 11.0. The summed E-state index contributed by atoms with van der Waals surface area (Å²) in [6.07, 6.45) is 0. The van der Waals surface area contributed by atoms with Gasteiger partial charge in [0.05, 0.1) is 27.9 Å². The highest BCUT2D eigenvalue weighted by Crippen LogP contribution is 2.37. The van der Waals surface area contributed by atoms with Gasteiger partial charge in [0.25, 0.3) is 0 Å². The highest BCUT2D eigenvalue weighted by molar-refractivity contribution is 7.00. The predicted octanol–water partition coefficient (Wildman–Crippen LogP) is 4.35. The lowest BCUT2D eigenvalue weighted by molar-refractivity contribution is -0.145. The second kappa shape index (κ2) is 12.6. The van der Waals surface area contributed by atoms with Gasteiger partial charge in [0.15, 0.2) is 5.78 Å². The minimum Gasteiger partial charge on any atom is -0.496 e. The molecular weight excluding hydrogens is 407 g/mol. The summed E-state index contributed by atoms with van der Waals surface area (Å²) in [4.78, 5) is 26.3. The van der Waals surface area contributed by atoms with Crippen LogP contribution in [0.15, 0.2) is 42.5 Å². The summed E-state index contributed by atoms with van der Waals surface area (Å²) in [7, 11) is 6.12. The van der Waals surface area contributed by atoms with Crippen molar-refractivity contribution in [2.75, 3.05) is 27.9 Å². The lowest BCUT2D eigenvalue weighted by atomic mass is 9.89. The van der Waals surface area contributed by atoms with Crippen LogP contribution in [0, 0.1) is 5.92 Å². The minimum absolute atomic E-state index is 0.153. The van der Waals surface area contributed by atoms with E-state index in [0.717, 1.165) is 0 Å². The number of esters is 1. The largest absolute Gasteiger partial charge is 0.496 e. The molecule has 0 amide bonds. The average Bonchev–Trinajstić information content (AvgIpc) is 2.78. The smallest absolute Gasteiger partial charge is 0.321 e. The average molecular weight is 434 g/mol. The van der Waals surface area contributed by atoms with Gasteiger partial charge in [-0.1, -0.05) is 44.2 Å². The molecule has 1 atom stereocenters. The molecule has 0 bridgehead atoms. The van der Waals surface area contributed by atoms with Gasteiger partial charge in [-0.25, -0.2) is 0 Å². The first-order chi connectivity index (χ1) is 14.4. The Hall–Kier alpha value is -2.92.